The van der Waals surface area contributed by atoms with Crippen LogP contribution in [0, 0.1) is 5.92 Å². The molecule has 0 radical (unpaired) electrons. The topological polar surface area (TPSA) is 101 Å². The van der Waals surface area contributed by atoms with Crippen molar-refractivity contribution >= 4 is 16.1 Å². The lowest BCUT2D eigenvalue weighted by atomic mass is 9.99. The Hall–Kier alpha value is -1.59. The molecule has 1 spiro atoms. The van der Waals surface area contributed by atoms with Crippen molar-refractivity contribution in [2.24, 2.45) is 5.92 Å². The average Bonchev–Trinajstić information content (AvgIpc) is 3.21. The van der Waals surface area contributed by atoms with Gasteiger partial charge in [-0.15, -0.1) is 0 Å². The van der Waals surface area contributed by atoms with E-state index in [9.17, 15) is 13.2 Å². The van der Waals surface area contributed by atoms with Crippen LogP contribution in [0.4, 0.5) is 0 Å². The van der Waals surface area contributed by atoms with Gasteiger partial charge in [0.25, 0.3) is 10.2 Å². The molecule has 0 aliphatic carbocycles. The molecule has 4 heterocycles. The Morgan fingerprint density at radius 1 is 1.21 bits per heavy atom. The van der Waals surface area contributed by atoms with Crippen LogP contribution >= 0.6 is 0 Å². The molecule has 1 unspecified atom stereocenters. The first-order valence-electron chi connectivity index (χ1n) is 10.2. The maximum Gasteiger partial charge on any atom is 0.282 e. The van der Waals surface area contributed by atoms with E-state index in [0.717, 1.165) is 5.56 Å². The summed E-state index contributed by atoms with van der Waals surface area (Å²) >= 11 is 0. The molecular formula is C19H28N4O5S. The second kappa shape index (κ2) is 8.65. The summed E-state index contributed by atoms with van der Waals surface area (Å²) in [6.07, 6.45) is 5.83. The zero-order valence-corrected chi connectivity index (χ0v) is 17.3. The van der Waals surface area contributed by atoms with Gasteiger partial charge < -0.3 is 14.8 Å². The van der Waals surface area contributed by atoms with Gasteiger partial charge in [-0.05, 0) is 24.5 Å². The number of hydrogen-bond donors (Lipinski definition) is 1. The predicted molar refractivity (Wildman–Crippen MR) is 105 cm³/mol. The van der Waals surface area contributed by atoms with Gasteiger partial charge in [-0.25, -0.2) is 0 Å². The highest BCUT2D eigenvalue weighted by atomic mass is 32.2. The minimum Gasteiger partial charge on any atom is -0.352 e. The number of ether oxygens (including phenoxy) is 2. The van der Waals surface area contributed by atoms with Gasteiger partial charge in [0.1, 0.15) is 0 Å². The molecule has 1 aromatic rings. The third-order valence-corrected chi connectivity index (χ3v) is 7.90. The van der Waals surface area contributed by atoms with Crippen LogP contribution < -0.4 is 5.32 Å². The highest BCUT2D eigenvalue weighted by Crippen LogP contribution is 2.33. The van der Waals surface area contributed by atoms with Crippen LogP contribution in [0.5, 0.6) is 0 Å². The number of rotatable bonds is 5. The van der Waals surface area contributed by atoms with Crippen LogP contribution in [0.15, 0.2) is 24.5 Å². The summed E-state index contributed by atoms with van der Waals surface area (Å²) in [4.78, 5) is 16.6. The van der Waals surface area contributed by atoms with E-state index in [1.54, 1.807) is 12.4 Å². The molecule has 3 aliphatic rings. The van der Waals surface area contributed by atoms with Gasteiger partial charge >= 0.3 is 0 Å². The third kappa shape index (κ3) is 4.61. The van der Waals surface area contributed by atoms with Gasteiger partial charge in [-0.2, -0.15) is 17.0 Å². The molecule has 0 saturated carbocycles. The van der Waals surface area contributed by atoms with Crippen LogP contribution in [0.25, 0.3) is 0 Å². The van der Waals surface area contributed by atoms with E-state index in [1.165, 1.54) is 8.61 Å². The lowest BCUT2D eigenvalue weighted by Crippen LogP contribution is -2.54. The maximum absolute atomic E-state index is 13.1. The zero-order chi connectivity index (χ0) is 20.3. The molecule has 1 N–H and O–H groups in total. The fourth-order valence-corrected chi connectivity index (χ4v) is 5.91. The van der Waals surface area contributed by atoms with Crippen molar-refractivity contribution in [2.45, 2.75) is 38.0 Å². The quantitative estimate of drug-likeness (QED) is 0.739. The van der Waals surface area contributed by atoms with Gasteiger partial charge in [0.05, 0.1) is 19.1 Å². The van der Waals surface area contributed by atoms with Crippen molar-refractivity contribution in [3.63, 3.8) is 0 Å². The summed E-state index contributed by atoms with van der Waals surface area (Å²) < 4.78 is 40.6. The molecule has 0 aromatic carbocycles. The minimum absolute atomic E-state index is 0.112. The first kappa shape index (κ1) is 20.7. The van der Waals surface area contributed by atoms with E-state index < -0.39 is 16.0 Å². The second-order valence-electron chi connectivity index (χ2n) is 7.79. The van der Waals surface area contributed by atoms with E-state index in [2.05, 4.69) is 10.3 Å². The van der Waals surface area contributed by atoms with E-state index in [0.29, 0.717) is 65.1 Å². The number of nitrogens with zero attached hydrogens (tertiary/aromatic N) is 3. The van der Waals surface area contributed by atoms with Gasteiger partial charge in [0.15, 0.2) is 5.79 Å². The predicted octanol–water partition coefficient (Wildman–Crippen LogP) is 0.494. The molecule has 3 aliphatic heterocycles. The van der Waals surface area contributed by atoms with Crippen molar-refractivity contribution in [2.75, 3.05) is 39.4 Å². The Labute approximate surface area is 171 Å². The molecule has 3 fully saturated rings. The van der Waals surface area contributed by atoms with Crippen LogP contribution in [0.1, 0.15) is 31.2 Å². The number of pyridine rings is 1. The maximum atomic E-state index is 13.1. The number of nitrogens with one attached hydrogen (secondary N) is 1. The molecule has 1 atom stereocenters. The van der Waals surface area contributed by atoms with E-state index >= 15 is 0 Å². The molecule has 29 heavy (non-hydrogen) atoms. The smallest absolute Gasteiger partial charge is 0.282 e. The Bertz CT molecular complexity index is 803. The first-order valence-corrected chi connectivity index (χ1v) is 11.6. The van der Waals surface area contributed by atoms with Crippen molar-refractivity contribution in [3.8, 4) is 0 Å². The van der Waals surface area contributed by atoms with Gasteiger partial charge in [0.2, 0.25) is 5.91 Å². The van der Waals surface area contributed by atoms with Crippen LogP contribution in [0.2, 0.25) is 0 Å². The van der Waals surface area contributed by atoms with Gasteiger partial charge in [0, 0.05) is 58.0 Å². The largest absolute Gasteiger partial charge is 0.352 e. The fourth-order valence-electron chi connectivity index (χ4n) is 4.21. The lowest BCUT2D eigenvalue weighted by Gasteiger charge is -2.40. The number of aromatic nitrogens is 1. The summed E-state index contributed by atoms with van der Waals surface area (Å²) in [5.74, 6) is -1.06. The first-order chi connectivity index (χ1) is 14.0. The zero-order valence-electron chi connectivity index (χ0n) is 16.5. The van der Waals surface area contributed by atoms with Crippen LogP contribution in [-0.2, 0) is 31.0 Å². The molecule has 1 amide bonds. The SMILES string of the molecule is O=C(NCc1cccnc1)C1CCCN(S(=O)(=O)N2CCC3(CC2)OCCO3)C1. The number of amides is 1. The standard InChI is InChI=1S/C19H28N4O5S/c24-18(21-14-16-3-1-7-20-13-16)17-4-2-8-23(15-17)29(25,26)22-9-5-19(6-10-22)27-11-12-28-19/h1,3,7,13,17H,2,4-6,8-12,14-15H2,(H,21,24). The van der Waals surface area contributed by atoms with Crippen molar-refractivity contribution < 1.29 is 22.7 Å². The van der Waals surface area contributed by atoms with E-state index in [-0.39, 0.29) is 18.4 Å². The molecule has 10 heteroatoms. The average molecular weight is 425 g/mol. The fraction of sp³-hybridized carbons (Fsp3) is 0.684. The summed E-state index contributed by atoms with van der Waals surface area (Å²) in [6, 6.07) is 3.71. The number of hydrogen-bond acceptors (Lipinski definition) is 6. The Morgan fingerprint density at radius 3 is 2.66 bits per heavy atom. The highest BCUT2D eigenvalue weighted by Gasteiger charge is 2.44. The Kier molecular flexibility index (Phi) is 6.16. The lowest BCUT2D eigenvalue weighted by molar-refractivity contribution is -0.179. The van der Waals surface area contributed by atoms with Gasteiger partial charge in [-0.3, -0.25) is 9.78 Å². The molecule has 3 saturated heterocycles. The van der Waals surface area contributed by atoms with E-state index in [1.807, 2.05) is 12.1 Å². The van der Waals surface area contributed by atoms with Gasteiger partial charge in [-0.1, -0.05) is 6.07 Å². The molecule has 4 rings (SSSR count). The van der Waals surface area contributed by atoms with Crippen molar-refractivity contribution in [1.29, 1.82) is 0 Å². The number of carbonyl (C=O) groups excluding carboxylic acids is 1. The summed E-state index contributed by atoms with van der Waals surface area (Å²) in [5.41, 5.74) is 0.916. The molecule has 9 nitrogen and oxygen atoms in total. The third-order valence-electron chi connectivity index (χ3n) is 5.89. The molecular weight excluding hydrogens is 396 g/mol. The van der Waals surface area contributed by atoms with Crippen LogP contribution in [-0.4, -0.2) is 73.1 Å². The summed E-state index contributed by atoms with van der Waals surface area (Å²) in [7, 11) is -3.60. The van der Waals surface area contributed by atoms with Crippen molar-refractivity contribution in [3.05, 3.63) is 30.1 Å². The van der Waals surface area contributed by atoms with Crippen molar-refractivity contribution in [1.82, 2.24) is 18.9 Å². The summed E-state index contributed by atoms with van der Waals surface area (Å²) in [5, 5.41) is 2.91. The Balaban J connectivity index is 1.33. The molecule has 1 aromatic heterocycles. The number of piperidine rings is 2. The molecule has 160 valence electrons. The van der Waals surface area contributed by atoms with E-state index in [4.69, 9.17) is 9.47 Å². The number of carbonyl (C=O) groups is 1. The molecule has 0 bridgehead atoms. The normalized spacial score (nSPS) is 25.9. The second-order valence-corrected chi connectivity index (χ2v) is 9.72. The minimum atomic E-state index is -3.60. The van der Waals surface area contributed by atoms with Crippen LogP contribution in [0.3, 0.4) is 0 Å². The Morgan fingerprint density at radius 2 is 1.97 bits per heavy atom. The monoisotopic (exact) mass is 424 g/mol. The summed E-state index contributed by atoms with van der Waals surface area (Å²) in [6.45, 7) is 2.93. The highest BCUT2D eigenvalue weighted by molar-refractivity contribution is 7.86.